The minimum Gasteiger partial charge on any atom is -0.478 e. The summed E-state index contributed by atoms with van der Waals surface area (Å²) in [5.74, 6) is 1.64. The van der Waals surface area contributed by atoms with Crippen molar-refractivity contribution in [3.63, 3.8) is 0 Å². The first-order valence-corrected chi connectivity index (χ1v) is 6.98. The van der Waals surface area contributed by atoms with Gasteiger partial charge in [0.2, 0.25) is 5.88 Å². The predicted molar refractivity (Wildman–Crippen MR) is 71.9 cm³/mol. The zero-order valence-corrected chi connectivity index (χ0v) is 11.4. The van der Waals surface area contributed by atoms with Crippen molar-refractivity contribution in [3.05, 3.63) is 12.4 Å². The van der Waals surface area contributed by atoms with E-state index in [-0.39, 0.29) is 0 Å². The standard InChI is InChI=1S/C12H19N3OS/c1-4-16-12-5-11(13-8-14-12)15-6-9(2)17-10(3)7-15/h5,8-10H,4,6-7H2,1-3H3. The number of anilines is 1. The van der Waals surface area contributed by atoms with Crippen LogP contribution in [0.1, 0.15) is 20.8 Å². The van der Waals surface area contributed by atoms with Crippen molar-refractivity contribution >= 4 is 17.6 Å². The molecule has 1 fully saturated rings. The Balaban J connectivity index is 2.12. The quantitative estimate of drug-likeness (QED) is 0.825. The van der Waals surface area contributed by atoms with Gasteiger partial charge in [0.15, 0.2) is 0 Å². The van der Waals surface area contributed by atoms with Crippen molar-refractivity contribution in [1.29, 1.82) is 0 Å². The van der Waals surface area contributed by atoms with E-state index in [0.717, 1.165) is 18.9 Å². The van der Waals surface area contributed by atoms with E-state index in [1.165, 1.54) is 0 Å². The van der Waals surface area contributed by atoms with Crippen LogP contribution in [0.15, 0.2) is 12.4 Å². The van der Waals surface area contributed by atoms with Crippen LogP contribution >= 0.6 is 11.8 Å². The van der Waals surface area contributed by atoms with Crippen LogP contribution in [0.2, 0.25) is 0 Å². The molecule has 0 saturated carbocycles. The first-order chi connectivity index (χ1) is 8.19. The minimum atomic E-state index is 0.638. The SMILES string of the molecule is CCOc1cc(N2CC(C)SC(C)C2)ncn1. The Morgan fingerprint density at radius 2 is 2.06 bits per heavy atom. The number of hydrogen-bond acceptors (Lipinski definition) is 5. The van der Waals surface area contributed by atoms with Crippen LogP contribution in [-0.4, -0.2) is 40.2 Å². The Morgan fingerprint density at radius 1 is 1.35 bits per heavy atom. The van der Waals surface area contributed by atoms with Crippen LogP contribution in [-0.2, 0) is 0 Å². The van der Waals surface area contributed by atoms with Gasteiger partial charge in [-0.2, -0.15) is 11.8 Å². The van der Waals surface area contributed by atoms with Crippen LogP contribution in [0.4, 0.5) is 5.82 Å². The molecule has 0 spiro atoms. The van der Waals surface area contributed by atoms with Gasteiger partial charge in [0.25, 0.3) is 0 Å². The summed E-state index contributed by atoms with van der Waals surface area (Å²) in [5.41, 5.74) is 0. The van der Waals surface area contributed by atoms with Gasteiger partial charge >= 0.3 is 0 Å². The molecule has 0 radical (unpaired) electrons. The summed E-state index contributed by atoms with van der Waals surface area (Å²) in [6.07, 6.45) is 1.58. The van der Waals surface area contributed by atoms with E-state index in [0.29, 0.717) is 23.0 Å². The Bertz CT molecular complexity index is 365. The van der Waals surface area contributed by atoms with Crippen molar-refractivity contribution in [2.45, 2.75) is 31.3 Å². The number of rotatable bonds is 3. The average Bonchev–Trinajstić information content (AvgIpc) is 2.28. The number of aromatic nitrogens is 2. The fraction of sp³-hybridized carbons (Fsp3) is 0.667. The van der Waals surface area contributed by atoms with Crippen molar-refractivity contribution in [3.8, 4) is 5.88 Å². The van der Waals surface area contributed by atoms with E-state index in [2.05, 4.69) is 28.7 Å². The molecule has 1 saturated heterocycles. The average molecular weight is 253 g/mol. The Morgan fingerprint density at radius 3 is 2.71 bits per heavy atom. The summed E-state index contributed by atoms with van der Waals surface area (Å²) in [6, 6.07) is 1.93. The zero-order valence-electron chi connectivity index (χ0n) is 10.6. The maximum absolute atomic E-state index is 5.41. The molecule has 0 amide bonds. The third-order valence-corrected chi connectivity index (χ3v) is 3.89. The van der Waals surface area contributed by atoms with Gasteiger partial charge in [-0.05, 0) is 6.92 Å². The maximum Gasteiger partial charge on any atom is 0.218 e. The summed E-state index contributed by atoms with van der Waals surface area (Å²) in [4.78, 5) is 10.8. The molecule has 2 rings (SSSR count). The lowest BCUT2D eigenvalue weighted by Gasteiger charge is -2.35. The molecule has 0 aromatic carbocycles. The molecule has 2 atom stereocenters. The summed E-state index contributed by atoms with van der Waals surface area (Å²) < 4.78 is 5.41. The molecule has 1 aliphatic rings. The molecular formula is C12H19N3OS. The molecule has 0 N–H and O–H groups in total. The predicted octanol–water partition coefficient (Wildman–Crippen LogP) is 2.21. The van der Waals surface area contributed by atoms with Crippen molar-refractivity contribution in [2.75, 3.05) is 24.6 Å². The molecule has 5 heteroatoms. The zero-order chi connectivity index (χ0) is 12.3. The van der Waals surface area contributed by atoms with Crippen LogP contribution in [0.25, 0.3) is 0 Å². The molecule has 4 nitrogen and oxygen atoms in total. The van der Waals surface area contributed by atoms with Gasteiger partial charge in [-0.25, -0.2) is 9.97 Å². The van der Waals surface area contributed by atoms with Gasteiger partial charge in [0, 0.05) is 29.7 Å². The van der Waals surface area contributed by atoms with Crippen LogP contribution in [0.5, 0.6) is 5.88 Å². The van der Waals surface area contributed by atoms with Gasteiger partial charge in [0.05, 0.1) is 6.61 Å². The number of thioether (sulfide) groups is 1. The molecule has 2 heterocycles. The van der Waals surface area contributed by atoms with E-state index in [1.807, 2.05) is 24.8 Å². The number of ether oxygens (including phenoxy) is 1. The molecular weight excluding hydrogens is 234 g/mol. The molecule has 1 aliphatic heterocycles. The lowest BCUT2D eigenvalue weighted by molar-refractivity contribution is 0.326. The van der Waals surface area contributed by atoms with E-state index in [4.69, 9.17) is 4.74 Å². The molecule has 0 aliphatic carbocycles. The highest BCUT2D eigenvalue weighted by atomic mass is 32.2. The fourth-order valence-electron chi connectivity index (χ4n) is 2.09. The van der Waals surface area contributed by atoms with E-state index in [1.54, 1.807) is 6.33 Å². The summed E-state index contributed by atoms with van der Waals surface area (Å²) >= 11 is 2.04. The van der Waals surface area contributed by atoms with Crippen molar-refractivity contribution in [1.82, 2.24) is 9.97 Å². The van der Waals surface area contributed by atoms with Crippen LogP contribution in [0, 0.1) is 0 Å². The smallest absolute Gasteiger partial charge is 0.218 e. The second-order valence-electron chi connectivity index (χ2n) is 4.31. The van der Waals surface area contributed by atoms with Gasteiger partial charge in [0.1, 0.15) is 12.1 Å². The number of nitrogens with zero attached hydrogens (tertiary/aromatic N) is 3. The first kappa shape index (κ1) is 12.5. The Labute approximate surface area is 107 Å². The van der Waals surface area contributed by atoms with Gasteiger partial charge in [-0.15, -0.1) is 0 Å². The molecule has 1 aromatic rings. The molecule has 2 unspecified atom stereocenters. The Kier molecular flexibility index (Phi) is 4.10. The molecule has 94 valence electrons. The summed E-state index contributed by atoms with van der Waals surface area (Å²) in [5, 5.41) is 1.29. The fourth-order valence-corrected chi connectivity index (χ4v) is 3.42. The summed E-state index contributed by atoms with van der Waals surface area (Å²) in [6.45, 7) is 9.20. The molecule has 0 bridgehead atoms. The Hall–Kier alpha value is -0.970. The highest BCUT2D eigenvalue weighted by Gasteiger charge is 2.23. The normalized spacial score (nSPS) is 24.8. The largest absolute Gasteiger partial charge is 0.478 e. The lowest BCUT2D eigenvalue weighted by atomic mass is 10.3. The highest BCUT2D eigenvalue weighted by molar-refractivity contribution is 8.00. The first-order valence-electron chi connectivity index (χ1n) is 6.04. The maximum atomic E-state index is 5.41. The van der Waals surface area contributed by atoms with E-state index >= 15 is 0 Å². The van der Waals surface area contributed by atoms with Crippen LogP contribution < -0.4 is 9.64 Å². The minimum absolute atomic E-state index is 0.638. The van der Waals surface area contributed by atoms with Crippen molar-refractivity contribution < 1.29 is 4.74 Å². The monoisotopic (exact) mass is 253 g/mol. The van der Waals surface area contributed by atoms with Gasteiger partial charge in [-0.1, -0.05) is 13.8 Å². The lowest BCUT2D eigenvalue weighted by Crippen LogP contribution is -2.40. The van der Waals surface area contributed by atoms with Crippen LogP contribution in [0.3, 0.4) is 0 Å². The van der Waals surface area contributed by atoms with E-state index < -0.39 is 0 Å². The molecule has 1 aromatic heterocycles. The number of hydrogen-bond donors (Lipinski definition) is 0. The second kappa shape index (κ2) is 5.58. The van der Waals surface area contributed by atoms with Crippen molar-refractivity contribution in [2.24, 2.45) is 0 Å². The van der Waals surface area contributed by atoms with Gasteiger partial charge < -0.3 is 9.64 Å². The topological polar surface area (TPSA) is 38.2 Å². The second-order valence-corrected chi connectivity index (χ2v) is 6.19. The third kappa shape index (κ3) is 3.25. The molecule has 17 heavy (non-hydrogen) atoms. The third-order valence-electron chi connectivity index (χ3n) is 2.66. The summed E-state index contributed by atoms with van der Waals surface area (Å²) in [7, 11) is 0. The van der Waals surface area contributed by atoms with E-state index in [9.17, 15) is 0 Å². The van der Waals surface area contributed by atoms with Gasteiger partial charge in [-0.3, -0.25) is 0 Å². The highest BCUT2D eigenvalue weighted by Crippen LogP contribution is 2.28.